The molecule has 1 aliphatic carbocycles. The van der Waals surface area contributed by atoms with Crippen LogP contribution in [0.2, 0.25) is 0 Å². The second kappa shape index (κ2) is 8.02. The fraction of sp³-hybridized carbons (Fsp3) is 0.333. The maximum Gasteiger partial charge on any atom is 0.161 e. The molecule has 0 heterocycles. The summed E-state index contributed by atoms with van der Waals surface area (Å²) in [4.78, 5) is 0. The van der Waals surface area contributed by atoms with E-state index in [0.717, 1.165) is 18.7 Å². The highest BCUT2D eigenvalue weighted by atomic mass is 16.5. The van der Waals surface area contributed by atoms with Crippen molar-refractivity contribution in [2.24, 2.45) is 0 Å². The molecule has 0 radical (unpaired) electrons. The van der Waals surface area contributed by atoms with Crippen LogP contribution in [0.5, 0.6) is 11.5 Å². The maximum absolute atomic E-state index is 9.92. The molecule has 0 aliphatic heterocycles. The minimum atomic E-state index is 0.232. The van der Waals surface area contributed by atoms with E-state index in [1.165, 1.54) is 36.0 Å². The summed E-state index contributed by atoms with van der Waals surface area (Å²) >= 11 is 0. The molecule has 24 heavy (non-hydrogen) atoms. The largest absolute Gasteiger partial charge is 0.504 e. The van der Waals surface area contributed by atoms with Crippen LogP contribution >= 0.6 is 0 Å². The van der Waals surface area contributed by atoms with Gasteiger partial charge < -0.3 is 15.2 Å². The van der Waals surface area contributed by atoms with E-state index in [4.69, 9.17) is 4.74 Å². The summed E-state index contributed by atoms with van der Waals surface area (Å²) in [5.41, 5.74) is 4.96. The molecule has 1 aliphatic rings. The topological polar surface area (TPSA) is 41.5 Å². The van der Waals surface area contributed by atoms with Gasteiger partial charge in [-0.2, -0.15) is 0 Å². The Bertz CT molecular complexity index is 722. The number of aromatic hydroxyl groups is 1. The highest BCUT2D eigenvalue weighted by molar-refractivity contribution is 5.67. The first-order valence-corrected chi connectivity index (χ1v) is 8.64. The number of phenols is 1. The summed E-state index contributed by atoms with van der Waals surface area (Å²) in [7, 11) is 0. The van der Waals surface area contributed by atoms with Gasteiger partial charge in [0, 0.05) is 13.1 Å². The van der Waals surface area contributed by atoms with Crippen molar-refractivity contribution >= 4 is 5.57 Å². The first kappa shape index (κ1) is 16.6. The molecular weight excluding hydrogens is 298 g/mol. The van der Waals surface area contributed by atoms with Crippen LogP contribution in [0.3, 0.4) is 0 Å². The number of para-hydroxylation sites is 1. The van der Waals surface area contributed by atoms with Gasteiger partial charge in [-0.25, -0.2) is 0 Å². The van der Waals surface area contributed by atoms with Gasteiger partial charge in [-0.3, -0.25) is 0 Å². The Morgan fingerprint density at radius 3 is 2.88 bits per heavy atom. The van der Waals surface area contributed by atoms with Crippen molar-refractivity contribution in [3.8, 4) is 11.5 Å². The van der Waals surface area contributed by atoms with E-state index >= 15 is 0 Å². The molecule has 2 aromatic carbocycles. The van der Waals surface area contributed by atoms with Crippen LogP contribution in [0.15, 0.2) is 48.5 Å². The van der Waals surface area contributed by atoms with Crippen molar-refractivity contribution in [3.05, 3.63) is 65.2 Å². The van der Waals surface area contributed by atoms with Crippen LogP contribution < -0.4 is 10.1 Å². The number of benzene rings is 2. The summed E-state index contributed by atoms with van der Waals surface area (Å²) in [6.07, 6.45) is 6.04. The zero-order valence-corrected chi connectivity index (χ0v) is 14.2. The number of nitrogens with one attached hydrogen (secondary N) is 1. The Hall–Kier alpha value is -2.26. The SMILES string of the molecule is Cc1cccc(OCCNCc2cccc(C3=CCCC3)c2)c1O. The Morgan fingerprint density at radius 2 is 2.04 bits per heavy atom. The molecule has 0 amide bonds. The quantitative estimate of drug-likeness (QED) is 0.740. The number of allylic oxidation sites excluding steroid dienone is 2. The summed E-state index contributed by atoms with van der Waals surface area (Å²) in [6, 6.07) is 14.3. The molecule has 3 heteroatoms. The number of aryl methyl sites for hydroxylation is 1. The average molecular weight is 323 g/mol. The molecule has 0 fully saturated rings. The zero-order valence-electron chi connectivity index (χ0n) is 14.2. The summed E-state index contributed by atoms with van der Waals surface area (Å²) in [5, 5.41) is 13.3. The van der Waals surface area contributed by atoms with Crippen molar-refractivity contribution in [3.63, 3.8) is 0 Å². The first-order valence-electron chi connectivity index (χ1n) is 8.64. The van der Waals surface area contributed by atoms with Gasteiger partial charge >= 0.3 is 0 Å². The summed E-state index contributed by atoms with van der Waals surface area (Å²) < 4.78 is 5.64. The van der Waals surface area contributed by atoms with E-state index in [1.807, 2.05) is 19.1 Å². The first-order chi connectivity index (χ1) is 11.7. The van der Waals surface area contributed by atoms with Gasteiger partial charge in [0.1, 0.15) is 6.61 Å². The fourth-order valence-corrected chi connectivity index (χ4v) is 3.03. The molecular formula is C21H25NO2. The van der Waals surface area contributed by atoms with Crippen molar-refractivity contribution in [1.29, 1.82) is 0 Å². The van der Waals surface area contributed by atoms with Crippen molar-refractivity contribution in [2.45, 2.75) is 32.7 Å². The second-order valence-electron chi connectivity index (χ2n) is 6.27. The molecule has 2 aromatic rings. The lowest BCUT2D eigenvalue weighted by Gasteiger charge is -2.11. The lowest BCUT2D eigenvalue weighted by atomic mass is 10.0. The van der Waals surface area contributed by atoms with Crippen LogP contribution in [0.4, 0.5) is 0 Å². The third-order valence-corrected chi connectivity index (χ3v) is 4.41. The minimum Gasteiger partial charge on any atom is -0.504 e. The van der Waals surface area contributed by atoms with E-state index < -0.39 is 0 Å². The molecule has 0 aromatic heterocycles. The monoisotopic (exact) mass is 323 g/mol. The molecule has 126 valence electrons. The van der Waals surface area contributed by atoms with Crippen molar-refractivity contribution < 1.29 is 9.84 Å². The lowest BCUT2D eigenvalue weighted by molar-refractivity contribution is 0.296. The summed E-state index contributed by atoms with van der Waals surface area (Å²) in [6.45, 7) is 3.96. The molecule has 0 atom stereocenters. The van der Waals surface area contributed by atoms with Gasteiger partial charge in [-0.15, -0.1) is 0 Å². The fourth-order valence-electron chi connectivity index (χ4n) is 3.03. The number of phenolic OH excluding ortho intramolecular Hbond substituents is 1. The van der Waals surface area contributed by atoms with Gasteiger partial charge in [0.15, 0.2) is 11.5 Å². The predicted octanol–water partition coefficient (Wildman–Crippen LogP) is 4.44. The zero-order chi connectivity index (χ0) is 16.8. The van der Waals surface area contributed by atoms with E-state index in [2.05, 4.69) is 35.7 Å². The lowest BCUT2D eigenvalue weighted by Crippen LogP contribution is -2.20. The molecule has 2 N–H and O–H groups in total. The average Bonchev–Trinajstić information content (AvgIpc) is 3.13. The normalized spacial score (nSPS) is 13.8. The smallest absolute Gasteiger partial charge is 0.161 e. The Kier molecular flexibility index (Phi) is 5.55. The number of rotatable bonds is 7. The maximum atomic E-state index is 9.92. The third kappa shape index (κ3) is 4.18. The molecule has 0 saturated heterocycles. The van der Waals surface area contributed by atoms with E-state index in [9.17, 15) is 5.11 Å². The van der Waals surface area contributed by atoms with Gasteiger partial charge in [-0.05, 0) is 54.5 Å². The molecule has 0 saturated carbocycles. The Morgan fingerprint density at radius 1 is 1.17 bits per heavy atom. The van der Waals surface area contributed by atoms with Crippen LogP contribution in [-0.4, -0.2) is 18.3 Å². The molecule has 0 unspecified atom stereocenters. The Balaban J connectivity index is 1.45. The van der Waals surface area contributed by atoms with E-state index in [-0.39, 0.29) is 5.75 Å². The minimum absolute atomic E-state index is 0.232. The Labute approximate surface area is 144 Å². The molecule has 0 spiro atoms. The number of hydrogen-bond acceptors (Lipinski definition) is 3. The highest BCUT2D eigenvalue weighted by Crippen LogP contribution is 2.29. The van der Waals surface area contributed by atoms with Crippen LogP contribution in [0, 0.1) is 6.92 Å². The van der Waals surface area contributed by atoms with Gasteiger partial charge in [0.2, 0.25) is 0 Å². The number of hydrogen-bond donors (Lipinski definition) is 2. The number of ether oxygens (including phenoxy) is 1. The van der Waals surface area contributed by atoms with Gasteiger partial charge in [-0.1, -0.05) is 42.5 Å². The van der Waals surface area contributed by atoms with Crippen molar-refractivity contribution in [1.82, 2.24) is 5.32 Å². The molecule has 3 nitrogen and oxygen atoms in total. The molecule has 3 rings (SSSR count). The van der Waals surface area contributed by atoms with E-state index in [1.54, 1.807) is 6.07 Å². The second-order valence-corrected chi connectivity index (χ2v) is 6.27. The van der Waals surface area contributed by atoms with Crippen LogP contribution in [-0.2, 0) is 6.54 Å². The highest BCUT2D eigenvalue weighted by Gasteiger charge is 2.07. The van der Waals surface area contributed by atoms with Gasteiger partial charge in [0.05, 0.1) is 0 Å². The summed E-state index contributed by atoms with van der Waals surface area (Å²) in [5.74, 6) is 0.780. The van der Waals surface area contributed by atoms with Crippen molar-refractivity contribution in [2.75, 3.05) is 13.2 Å². The van der Waals surface area contributed by atoms with Gasteiger partial charge in [0.25, 0.3) is 0 Å². The standard InChI is InChI=1S/C21H25NO2/c1-16-6-4-11-20(21(16)23)24-13-12-22-15-17-7-5-10-19(14-17)18-8-2-3-9-18/h4-8,10-11,14,22-23H,2-3,9,12-13,15H2,1H3. The van der Waals surface area contributed by atoms with E-state index in [0.29, 0.717) is 12.4 Å². The van der Waals surface area contributed by atoms with Crippen LogP contribution in [0.25, 0.3) is 5.57 Å². The van der Waals surface area contributed by atoms with Crippen LogP contribution in [0.1, 0.15) is 36.0 Å². The molecule has 0 bridgehead atoms. The third-order valence-electron chi connectivity index (χ3n) is 4.41. The predicted molar refractivity (Wildman–Crippen MR) is 98.3 cm³/mol.